The van der Waals surface area contributed by atoms with E-state index in [2.05, 4.69) is 42.2 Å². The van der Waals surface area contributed by atoms with Gasteiger partial charge >= 0.3 is 0 Å². The zero-order valence-corrected chi connectivity index (χ0v) is 13.1. The maximum absolute atomic E-state index is 6.14. The van der Waals surface area contributed by atoms with Gasteiger partial charge in [-0.1, -0.05) is 43.3 Å². The molecule has 3 nitrogen and oxygen atoms in total. The molecule has 1 aliphatic heterocycles. The first-order chi connectivity index (χ1) is 10.7. The van der Waals surface area contributed by atoms with Gasteiger partial charge in [-0.25, -0.2) is 0 Å². The Bertz CT molecular complexity index is 599. The average molecular weight is 296 g/mol. The van der Waals surface area contributed by atoms with Crippen molar-refractivity contribution in [3.05, 3.63) is 60.2 Å². The second kappa shape index (κ2) is 6.84. The monoisotopic (exact) mass is 296 g/mol. The summed E-state index contributed by atoms with van der Waals surface area (Å²) in [5.74, 6) is 1.40. The summed E-state index contributed by atoms with van der Waals surface area (Å²) in [5.41, 5.74) is 7.95. The van der Waals surface area contributed by atoms with E-state index in [1.165, 1.54) is 5.56 Å². The molecule has 0 amide bonds. The normalized spacial score (nSPS) is 22.4. The second-order valence-electron chi connectivity index (χ2n) is 6.22. The highest BCUT2D eigenvalue weighted by Crippen LogP contribution is 2.25. The third-order valence-corrected chi connectivity index (χ3v) is 4.31. The quantitative estimate of drug-likeness (QED) is 0.877. The van der Waals surface area contributed by atoms with Gasteiger partial charge in [-0.05, 0) is 24.1 Å². The van der Waals surface area contributed by atoms with Crippen LogP contribution in [0.25, 0.3) is 0 Å². The number of hydrogen-bond acceptors (Lipinski definition) is 3. The minimum absolute atomic E-state index is 0.272. The SMILES string of the molecule is CC1CN(Cc2ccccc2)CCC1Oc1cccc(N)c1. The van der Waals surface area contributed by atoms with Crippen LogP contribution in [-0.2, 0) is 6.54 Å². The lowest BCUT2D eigenvalue weighted by molar-refractivity contribution is 0.0491. The summed E-state index contributed by atoms with van der Waals surface area (Å²) in [6.45, 7) is 5.44. The Kier molecular flexibility index (Phi) is 4.64. The van der Waals surface area contributed by atoms with Gasteiger partial charge in [0.1, 0.15) is 11.9 Å². The van der Waals surface area contributed by atoms with Gasteiger partial charge in [-0.3, -0.25) is 4.90 Å². The maximum atomic E-state index is 6.14. The van der Waals surface area contributed by atoms with Crippen molar-refractivity contribution in [1.82, 2.24) is 4.90 Å². The molecule has 2 unspecified atom stereocenters. The molecule has 0 radical (unpaired) electrons. The van der Waals surface area contributed by atoms with E-state index in [0.29, 0.717) is 5.92 Å². The van der Waals surface area contributed by atoms with Gasteiger partial charge < -0.3 is 10.5 Å². The zero-order chi connectivity index (χ0) is 15.4. The lowest BCUT2D eigenvalue weighted by Gasteiger charge is -2.37. The van der Waals surface area contributed by atoms with Crippen LogP contribution in [0, 0.1) is 5.92 Å². The molecule has 1 aliphatic rings. The summed E-state index contributed by atoms with van der Waals surface area (Å²) in [7, 11) is 0. The van der Waals surface area contributed by atoms with E-state index in [-0.39, 0.29) is 6.10 Å². The number of anilines is 1. The lowest BCUT2D eigenvalue weighted by Crippen LogP contribution is -2.43. The van der Waals surface area contributed by atoms with Gasteiger partial charge in [0.05, 0.1) is 0 Å². The zero-order valence-electron chi connectivity index (χ0n) is 13.1. The molecule has 1 heterocycles. The molecule has 0 aliphatic carbocycles. The van der Waals surface area contributed by atoms with Crippen molar-refractivity contribution >= 4 is 5.69 Å². The summed E-state index contributed by atoms with van der Waals surface area (Å²) in [5, 5.41) is 0. The molecule has 3 rings (SSSR count). The fourth-order valence-corrected chi connectivity index (χ4v) is 3.13. The third kappa shape index (κ3) is 3.80. The van der Waals surface area contributed by atoms with Crippen LogP contribution in [-0.4, -0.2) is 24.1 Å². The highest BCUT2D eigenvalue weighted by molar-refractivity contribution is 5.43. The summed E-state index contributed by atoms with van der Waals surface area (Å²) >= 11 is 0. The van der Waals surface area contributed by atoms with Gasteiger partial charge in [0.15, 0.2) is 0 Å². The molecule has 2 aromatic rings. The molecule has 2 N–H and O–H groups in total. The highest BCUT2D eigenvalue weighted by Gasteiger charge is 2.27. The Balaban J connectivity index is 1.56. The number of hydrogen-bond donors (Lipinski definition) is 1. The first-order valence-corrected chi connectivity index (χ1v) is 7.99. The number of piperidine rings is 1. The molecular formula is C19H24N2O. The van der Waals surface area contributed by atoms with Crippen molar-refractivity contribution in [1.29, 1.82) is 0 Å². The van der Waals surface area contributed by atoms with Crippen LogP contribution in [0.2, 0.25) is 0 Å². The van der Waals surface area contributed by atoms with E-state index in [0.717, 1.165) is 37.5 Å². The van der Waals surface area contributed by atoms with Crippen LogP contribution in [0.3, 0.4) is 0 Å². The Morgan fingerprint density at radius 3 is 2.68 bits per heavy atom. The van der Waals surface area contributed by atoms with Crippen molar-refractivity contribution in [2.75, 3.05) is 18.8 Å². The van der Waals surface area contributed by atoms with Crippen molar-refractivity contribution in [2.24, 2.45) is 5.92 Å². The molecule has 2 aromatic carbocycles. The molecule has 3 heteroatoms. The molecule has 116 valence electrons. The minimum atomic E-state index is 0.272. The first kappa shape index (κ1) is 14.9. The van der Waals surface area contributed by atoms with Gasteiger partial charge in [0.2, 0.25) is 0 Å². The van der Waals surface area contributed by atoms with E-state index in [1.54, 1.807) is 0 Å². The summed E-state index contributed by atoms with van der Waals surface area (Å²) in [6.07, 6.45) is 1.33. The smallest absolute Gasteiger partial charge is 0.121 e. The molecular weight excluding hydrogens is 272 g/mol. The largest absolute Gasteiger partial charge is 0.490 e. The maximum Gasteiger partial charge on any atom is 0.121 e. The molecule has 1 fully saturated rings. The van der Waals surface area contributed by atoms with Crippen LogP contribution in [0.1, 0.15) is 18.9 Å². The molecule has 22 heavy (non-hydrogen) atoms. The van der Waals surface area contributed by atoms with Gasteiger partial charge in [-0.15, -0.1) is 0 Å². The van der Waals surface area contributed by atoms with E-state index in [4.69, 9.17) is 10.5 Å². The summed E-state index contributed by atoms with van der Waals surface area (Å²) in [4.78, 5) is 2.51. The van der Waals surface area contributed by atoms with Crippen molar-refractivity contribution in [3.63, 3.8) is 0 Å². The Morgan fingerprint density at radius 1 is 1.14 bits per heavy atom. The Hall–Kier alpha value is -2.00. The Morgan fingerprint density at radius 2 is 1.95 bits per heavy atom. The van der Waals surface area contributed by atoms with Gasteiger partial charge in [0, 0.05) is 37.3 Å². The van der Waals surface area contributed by atoms with Gasteiger partial charge in [-0.2, -0.15) is 0 Å². The van der Waals surface area contributed by atoms with Crippen molar-refractivity contribution in [3.8, 4) is 5.75 Å². The van der Waals surface area contributed by atoms with Crippen LogP contribution in [0.15, 0.2) is 54.6 Å². The van der Waals surface area contributed by atoms with E-state index >= 15 is 0 Å². The third-order valence-electron chi connectivity index (χ3n) is 4.31. The number of likely N-dealkylation sites (tertiary alicyclic amines) is 1. The van der Waals surface area contributed by atoms with Crippen LogP contribution in [0.4, 0.5) is 5.69 Å². The predicted octanol–water partition coefficient (Wildman–Crippen LogP) is 3.56. The lowest BCUT2D eigenvalue weighted by atomic mass is 9.96. The molecule has 2 atom stereocenters. The fraction of sp³-hybridized carbons (Fsp3) is 0.368. The molecule has 1 saturated heterocycles. The van der Waals surface area contributed by atoms with E-state index < -0.39 is 0 Å². The number of nitrogen functional groups attached to an aromatic ring is 1. The minimum Gasteiger partial charge on any atom is -0.490 e. The number of benzene rings is 2. The average Bonchev–Trinajstić information content (AvgIpc) is 2.51. The number of nitrogens with zero attached hydrogens (tertiary/aromatic N) is 1. The van der Waals surface area contributed by atoms with Crippen LogP contribution in [0.5, 0.6) is 5.75 Å². The second-order valence-corrected chi connectivity index (χ2v) is 6.22. The van der Waals surface area contributed by atoms with Crippen molar-refractivity contribution < 1.29 is 4.74 Å². The first-order valence-electron chi connectivity index (χ1n) is 7.99. The number of ether oxygens (including phenoxy) is 1. The number of nitrogens with two attached hydrogens (primary N) is 1. The molecule has 0 spiro atoms. The van der Waals surface area contributed by atoms with Crippen LogP contribution >= 0.6 is 0 Å². The van der Waals surface area contributed by atoms with Crippen molar-refractivity contribution in [2.45, 2.75) is 26.0 Å². The van der Waals surface area contributed by atoms with E-state index in [9.17, 15) is 0 Å². The summed E-state index contributed by atoms with van der Waals surface area (Å²) in [6, 6.07) is 18.4. The summed E-state index contributed by atoms with van der Waals surface area (Å²) < 4.78 is 6.14. The topological polar surface area (TPSA) is 38.5 Å². The van der Waals surface area contributed by atoms with Gasteiger partial charge in [0.25, 0.3) is 0 Å². The molecule has 0 saturated carbocycles. The highest BCUT2D eigenvalue weighted by atomic mass is 16.5. The molecule has 0 aromatic heterocycles. The standard InChI is InChI=1S/C19H24N2O/c1-15-13-21(14-16-6-3-2-4-7-16)11-10-19(15)22-18-9-5-8-17(20)12-18/h2-9,12,15,19H,10-11,13-14,20H2,1H3. The fourth-order valence-electron chi connectivity index (χ4n) is 3.13. The van der Waals surface area contributed by atoms with E-state index in [1.807, 2.05) is 24.3 Å². The molecule has 0 bridgehead atoms. The van der Waals surface area contributed by atoms with Crippen LogP contribution < -0.4 is 10.5 Å². The predicted molar refractivity (Wildman–Crippen MR) is 90.8 cm³/mol. The number of rotatable bonds is 4. The Labute approximate surface area is 132 Å².